The number of rotatable bonds is 7. The zero-order chi connectivity index (χ0) is 20.0. The van der Waals surface area contributed by atoms with Crippen LogP contribution in [-0.4, -0.2) is 24.1 Å². The minimum absolute atomic E-state index is 0.134. The van der Waals surface area contributed by atoms with Gasteiger partial charge in [-0.15, -0.1) is 0 Å². The van der Waals surface area contributed by atoms with Gasteiger partial charge in [-0.2, -0.15) is 0 Å². The minimum atomic E-state index is -0.140. The Morgan fingerprint density at radius 1 is 1.00 bits per heavy atom. The van der Waals surface area contributed by atoms with E-state index in [1.54, 1.807) is 18.2 Å². The van der Waals surface area contributed by atoms with Crippen LogP contribution < -0.4 is 9.47 Å². The highest BCUT2D eigenvalue weighted by molar-refractivity contribution is 6.06. The average Bonchev–Trinajstić information content (AvgIpc) is 2.59. The average molecular weight is 368 g/mol. The van der Waals surface area contributed by atoms with Crippen LogP contribution in [-0.2, 0) is 5.41 Å². The molecule has 0 aliphatic carbocycles. The first kappa shape index (κ1) is 20.6. The molecule has 27 heavy (non-hydrogen) atoms. The first-order valence-corrected chi connectivity index (χ1v) is 9.21. The summed E-state index contributed by atoms with van der Waals surface area (Å²) in [5.41, 5.74) is 2.24. The summed E-state index contributed by atoms with van der Waals surface area (Å²) in [6.07, 6.45) is 3.27. The summed E-state index contributed by atoms with van der Waals surface area (Å²) in [4.78, 5) is 12.3. The van der Waals surface area contributed by atoms with Crippen molar-refractivity contribution in [3.05, 3.63) is 59.2 Å². The van der Waals surface area contributed by atoms with Crippen molar-refractivity contribution in [2.75, 3.05) is 13.2 Å². The van der Waals surface area contributed by atoms with E-state index in [0.717, 1.165) is 22.6 Å². The van der Waals surface area contributed by atoms with Crippen LogP contribution in [0.2, 0.25) is 0 Å². The molecule has 144 valence electrons. The highest BCUT2D eigenvalue weighted by atomic mass is 16.5. The van der Waals surface area contributed by atoms with Gasteiger partial charge in [-0.3, -0.25) is 4.79 Å². The molecule has 0 aliphatic heterocycles. The molecule has 0 aromatic heterocycles. The van der Waals surface area contributed by atoms with Crippen LogP contribution in [0.4, 0.5) is 0 Å². The maximum atomic E-state index is 12.3. The molecular formula is C23H28O4. The smallest absolute Gasteiger partial charge is 0.185 e. The molecule has 0 fully saturated rings. The molecule has 1 N–H and O–H groups in total. The van der Waals surface area contributed by atoms with Crippen LogP contribution in [0, 0.1) is 0 Å². The van der Waals surface area contributed by atoms with Gasteiger partial charge in [0, 0.05) is 11.1 Å². The molecule has 0 heterocycles. The molecule has 0 spiro atoms. The highest BCUT2D eigenvalue weighted by Gasteiger charge is 2.25. The van der Waals surface area contributed by atoms with Crippen molar-refractivity contribution in [1.82, 2.24) is 0 Å². The van der Waals surface area contributed by atoms with E-state index in [9.17, 15) is 9.90 Å². The molecule has 2 rings (SSSR count). The topological polar surface area (TPSA) is 55.8 Å². The predicted molar refractivity (Wildman–Crippen MR) is 109 cm³/mol. The number of benzene rings is 2. The minimum Gasteiger partial charge on any atom is -0.508 e. The van der Waals surface area contributed by atoms with Crippen LogP contribution in [0.1, 0.15) is 56.1 Å². The van der Waals surface area contributed by atoms with E-state index in [0.29, 0.717) is 18.8 Å². The fourth-order valence-electron chi connectivity index (χ4n) is 2.88. The molecule has 2 aromatic carbocycles. The van der Waals surface area contributed by atoms with Crippen molar-refractivity contribution >= 4 is 11.9 Å². The number of phenolic OH excluding ortho intramolecular Hbond substituents is 1. The van der Waals surface area contributed by atoms with Crippen LogP contribution in [0.25, 0.3) is 6.08 Å². The molecule has 4 heteroatoms. The quantitative estimate of drug-likeness (QED) is 0.526. The third-order valence-electron chi connectivity index (χ3n) is 4.02. The number of hydrogen-bond donors (Lipinski definition) is 1. The van der Waals surface area contributed by atoms with Gasteiger partial charge in [0.05, 0.1) is 13.2 Å². The lowest BCUT2D eigenvalue weighted by Crippen LogP contribution is -2.16. The van der Waals surface area contributed by atoms with Crippen LogP contribution >= 0.6 is 0 Å². The van der Waals surface area contributed by atoms with E-state index >= 15 is 0 Å². The number of aromatic hydroxyl groups is 1. The second kappa shape index (κ2) is 8.76. The lowest BCUT2D eigenvalue weighted by molar-refractivity contribution is 0.104. The molecule has 0 bridgehead atoms. The first-order chi connectivity index (χ1) is 12.8. The third-order valence-corrected chi connectivity index (χ3v) is 4.02. The number of ether oxygens (including phenoxy) is 2. The summed E-state index contributed by atoms with van der Waals surface area (Å²) < 4.78 is 11.7. The second-order valence-electron chi connectivity index (χ2n) is 7.25. The Kier molecular flexibility index (Phi) is 6.67. The fourth-order valence-corrected chi connectivity index (χ4v) is 2.88. The zero-order valence-electron chi connectivity index (χ0n) is 16.7. The van der Waals surface area contributed by atoms with Crippen molar-refractivity contribution in [3.8, 4) is 17.2 Å². The number of phenols is 1. The molecule has 0 atom stereocenters. The van der Waals surface area contributed by atoms with Gasteiger partial charge in [0.25, 0.3) is 0 Å². The number of ketones is 1. The van der Waals surface area contributed by atoms with Crippen LogP contribution in [0.3, 0.4) is 0 Å². The number of carbonyl (C=O) groups excluding carboxylic acids is 1. The summed E-state index contributed by atoms with van der Waals surface area (Å²) in [6.45, 7) is 11.4. The second-order valence-corrected chi connectivity index (χ2v) is 7.25. The van der Waals surface area contributed by atoms with Crippen molar-refractivity contribution in [1.29, 1.82) is 0 Å². The van der Waals surface area contributed by atoms with Gasteiger partial charge < -0.3 is 14.6 Å². The summed E-state index contributed by atoms with van der Waals surface area (Å²) in [5, 5.41) is 9.34. The first-order valence-electron chi connectivity index (χ1n) is 9.21. The van der Waals surface area contributed by atoms with Gasteiger partial charge in [0.15, 0.2) is 5.78 Å². The summed E-state index contributed by atoms with van der Waals surface area (Å²) in [5.74, 6) is 1.54. The summed E-state index contributed by atoms with van der Waals surface area (Å²) in [7, 11) is 0. The lowest BCUT2D eigenvalue weighted by Gasteiger charge is -2.26. The Labute approximate surface area is 161 Å². The van der Waals surface area contributed by atoms with Gasteiger partial charge in [-0.25, -0.2) is 0 Å². The lowest BCUT2D eigenvalue weighted by atomic mass is 9.84. The SMILES string of the molecule is CCOc1cc(C=CC(=O)c2ccc(O)cc2)cc(OCC)c1C(C)(C)C. The molecule has 0 unspecified atom stereocenters. The third kappa shape index (κ3) is 5.36. The normalized spacial score (nSPS) is 11.6. The van der Waals surface area contributed by atoms with E-state index in [1.165, 1.54) is 18.2 Å². The molecule has 4 nitrogen and oxygen atoms in total. The predicted octanol–water partition coefficient (Wildman–Crippen LogP) is 5.38. The Bertz CT molecular complexity index is 784. The van der Waals surface area contributed by atoms with Gasteiger partial charge >= 0.3 is 0 Å². The van der Waals surface area contributed by atoms with Gasteiger partial charge in [-0.05, 0) is 67.3 Å². The summed E-state index contributed by atoms with van der Waals surface area (Å²) >= 11 is 0. The maximum Gasteiger partial charge on any atom is 0.185 e. The molecular weight excluding hydrogens is 340 g/mol. The Balaban J connectivity index is 2.41. The van der Waals surface area contributed by atoms with E-state index < -0.39 is 0 Å². The molecule has 0 saturated heterocycles. The van der Waals surface area contributed by atoms with E-state index in [-0.39, 0.29) is 16.9 Å². The molecule has 0 aliphatic rings. The van der Waals surface area contributed by atoms with Crippen molar-refractivity contribution in [2.45, 2.75) is 40.0 Å². The molecule has 2 aromatic rings. The monoisotopic (exact) mass is 368 g/mol. The number of carbonyl (C=O) groups is 1. The van der Waals surface area contributed by atoms with E-state index in [1.807, 2.05) is 26.0 Å². The summed E-state index contributed by atoms with van der Waals surface area (Å²) in [6, 6.07) is 10.1. The van der Waals surface area contributed by atoms with Crippen molar-refractivity contribution in [2.24, 2.45) is 0 Å². The van der Waals surface area contributed by atoms with Crippen molar-refractivity contribution < 1.29 is 19.4 Å². The highest BCUT2D eigenvalue weighted by Crippen LogP contribution is 2.40. The van der Waals surface area contributed by atoms with Gasteiger partial charge in [0.2, 0.25) is 0 Å². The molecule has 0 amide bonds. The Hall–Kier alpha value is -2.75. The van der Waals surface area contributed by atoms with Gasteiger partial charge in [0.1, 0.15) is 17.2 Å². The Morgan fingerprint density at radius 3 is 1.96 bits per heavy atom. The fraction of sp³-hybridized carbons (Fsp3) is 0.348. The number of hydrogen-bond acceptors (Lipinski definition) is 4. The van der Waals surface area contributed by atoms with Gasteiger partial charge in [-0.1, -0.05) is 26.8 Å². The zero-order valence-corrected chi connectivity index (χ0v) is 16.7. The van der Waals surface area contributed by atoms with Crippen molar-refractivity contribution in [3.63, 3.8) is 0 Å². The standard InChI is InChI=1S/C23H28O4/c1-6-26-20-14-16(15-21(27-7-2)22(20)23(3,4)5)8-13-19(25)17-9-11-18(24)12-10-17/h8-15,24H,6-7H2,1-5H3. The van der Waals surface area contributed by atoms with E-state index in [4.69, 9.17) is 9.47 Å². The number of allylic oxidation sites excluding steroid dienone is 1. The van der Waals surface area contributed by atoms with Crippen LogP contribution in [0.5, 0.6) is 17.2 Å². The molecule has 0 radical (unpaired) electrons. The maximum absolute atomic E-state index is 12.3. The van der Waals surface area contributed by atoms with Crippen LogP contribution in [0.15, 0.2) is 42.5 Å². The largest absolute Gasteiger partial charge is 0.508 e. The molecule has 0 saturated carbocycles. The Morgan fingerprint density at radius 2 is 1.52 bits per heavy atom. The van der Waals surface area contributed by atoms with E-state index in [2.05, 4.69) is 20.8 Å².